The molecule has 0 spiro atoms. The average Bonchev–Trinajstić information content (AvgIpc) is 3.51. The van der Waals surface area contributed by atoms with Crippen LogP contribution in [0.4, 0.5) is 27.9 Å². The lowest BCUT2D eigenvalue weighted by molar-refractivity contribution is -0.149. The van der Waals surface area contributed by atoms with Crippen molar-refractivity contribution >= 4 is 62.9 Å². The van der Waals surface area contributed by atoms with Crippen LogP contribution in [0, 0.1) is 5.41 Å². The number of carbonyl (C=O) groups is 4. The Morgan fingerprint density at radius 1 is 1.20 bits per heavy atom. The number of nitrogens with one attached hydrogen (secondary N) is 4. The highest BCUT2D eigenvalue weighted by Gasteiger charge is 2.48. The number of anilines is 4. The van der Waals surface area contributed by atoms with Crippen molar-refractivity contribution in [2.75, 3.05) is 35.6 Å². The first-order valence-corrected chi connectivity index (χ1v) is 13.8. The smallest absolute Gasteiger partial charge is 0.329 e. The van der Waals surface area contributed by atoms with Crippen molar-refractivity contribution in [3.05, 3.63) is 34.9 Å². The number of primary amides is 1. The summed E-state index contributed by atoms with van der Waals surface area (Å²) in [5.41, 5.74) is 5.19. The number of benzene rings is 1. The monoisotopic (exact) mass is 618 g/mol. The van der Waals surface area contributed by atoms with Crippen LogP contribution in [0.15, 0.2) is 34.9 Å². The third-order valence-corrected chi connectivity index (χ3v) is 6.89. The first kappa shape index (κ1) is 30.6. The van der Waals surface area contributed by atoms with E-state index in [0.717, 1.165) is 0 Å². The van der Waals surface area contributed by atoms with Crippen LogP contribution in [0.2, 0.25) is 0 Å². The molecular weight excluding hydrogens is 584 g/mol. The highest BCUT2D eigenvalue weighted by atomic mass is 79.9. The van der Waals surface area contributed by atoms with E-state index in [-0.39, 0.29) is 18.1 Å². The molecule has 6 N–H and O–H groups in total. The maximum atomic E-state index is 12.7. The summed E-state index contributed by atoms with van der Waals surface area (Å²) in [5.74, 6) is -0.591. The van der Waals surface area contributed by atoms with Gasteiger partial charge in [0.15, 0.2) is 0 Å². The summed E-state index contributed by atoms with van der Waals surface area (Å²) in [6.07, 6.45) is 2.49. The first-order valence-electron chi connectivity index (χ1n) is 13.0. The third kappa shape index (κ3) is 7.37. The number of rotatable bonds is 10. The average molecular weight is 620 g/mol. The van der Waals surface area contributed by atoms with Gasteiger partial charge >= 0.3 is 12.0 Å². The second kappa shape index (κ2) is 13.4. The van der Waals surface area contributed by atoms with E-state index in [0.29, 0.717) is 60.1 Å². The van der Waals surface area contributed by atoms with Crippen LogP contribution in [0.3, 0.4) is 0 Å². The Morgan fingerprint density at radius 3 is 2.60 bits per heavy atom. The number of amides is 4. The number of esters is 1. The van der Waals surface area contributed by atoms with Crippen molar-refractivity contribution in [2.24, 2.45) is 11.1 Å². The number of hydrogen-bond donors (Lipinski definition) is 5. The van der Waals surface area contributed by atoms with E-state index in [1.165, 1.54) is 18.7 Å². The molecule has 0 radical (unpaired) electrons. The standard InChI is InChI=1S/C24H29BrN8O5.C2H6/c1-24(2,20(26)35)21(36)28-8-4-7-27-18-16(25)11-29-22(32-18)30-13-5-3-6-14(9-13)31-23(37)33-12-15-10-17(33)19(34)38-15;1-2/h3,5-6,9,11,15,17H,4,7-8,10,12H2,1-2H3,(H2,26,35)(H,28,36)(H,31,37)(H2,27,29,30,32);1-2H3. The van der Waals surface area contributed by atoms with E-state index >= 15 is 0 Å². The largest absolute Gasteiger partial charge is 0.459 e. The van der Waals surface area contributed by atoms with Gasteiger partial charge < -0.3 is 36.6 Å². The quantitative estimate of drug-likeness (QED) is 0.152. The minimum Gasteiger partial charge on any atom is -0.459 e. The molecule has 3 heterocycles. The second-order valence-electron chi connectivity index (χ2n) is 9.51. The normalized spacial score (nSPS) is 17.3. The molecule has 1 aromatic carbocycles. The third-order valence-electron chi connectivity index (χ3n) is 6.31. The molecule has 2 fully saturated rings. The van der Waals surface area contributed by atoms with Crippen LogP contribution in [0.25, 0.3) is 0 Å². The van der Waals surface area contributed by atoms with Crippen molar-refractivity contribution in [2.45, 2.75) is 52.7 Å². The molecule has 2 aliphatic heterocycles. The Morgan fingerprint density at radius 2 is 1.93 bits per heavy atom. The number of halogens is 1. The Kier molecular flexibility index (Phi) is 10.3. The maximum Gasteiger partial charge on any atom is 0.329 e. The second-order valence-corrected chi connectivity index (χ2v) is 10.4. The van der Waals surface area contributed by atoms with Crippen molar-refractivity contribution < 1.29 is 23.9 Å². The lowest BCUT2D eigenvalue weighted by Gasteiger charge is -2.25. The predicted octanol–water partition coefficient (Wildman–Crippen LogP) is 2.97. The van der Waals surface area contributed by atoms with E-state index in [9.17, 15) is 19.2 Å². The van der Waals surface area contributed by atoms with Crippen molar-refractivity contribution in [1.82, 2.24) is 20.2 Å². The van der Waals surface area contributed by atoms with Gasteiger partial charge in [-0.25, -0.2) is 14.6 Å². The fourth-order valence-corrected chi connectivity index (χ4v) is 4.29. The van der Waals surface area contributed by atoms with Gasteiger partial charge in [0.1, 0.15) is 23.4 Å². The number of fused-ring (bicyclic) bond motifs is 2. The molecule has 216 valence electrons. The Bertz CT molecular complexity index is 1260. The number of hydrogen-bond acceptors (Lipinski definition) is 9. The Balaban J connectivity index is 0.00000216. The number of nitrogens with zero attached hydrogens (tertiary/aromatic N) is 3. The zero-order valence-electron chi connectivity index (χ0n) is 22.9. The van der Waals surface area contributed by atoms with Gasteiger partial charge in [0, 0.05) is 37.1 Å². The molecule has 0 saturated carbocycles. The fourth-order valence-electron chi connectivity index (χ4n) is 3.95. The molecule has 13 nitrogen and oxygen atoms in total. The molecule has 14 heteroatoms. The SMILES string of the molecule is CC.CC(C)(C(N)=O)C(=O)NCCCNc1nc(Nc2cccc(NC(=O)N3CC4CC3C(=O)O4)c2)ncc1Br. The van der Waals surface area contributed by atoms with E-state index in [1.807, 2.05) is 13.8 Å². The lowest BCUT2D eigenvalue weighted by atomic mass is 9.91. The zero-order chi connectivity index (χ0) is 29.4. The molecule has 2 aromatic rings. The summed E-state index contributed by atoms with van der Waals surface area (Å²) in [6, 6.07) is 6.18. The molecule has 2 saturated heterocycles. The molecule has 40 heavy (non-hydrogen) atoms. The minimum atomic E-state index is -1.27. The van der Waals surface area contributed by atoms with E-state index < -0.39 is 23.3 Å². The number of ether oxygens (including phenoxy) is 1. The number of carbonyl (C=O) groups excluding carboxylic acids is 4. The molecule has 0 aliphatic carbocycles. The van der Waals surface area contributed by atoms with Gasteiger partial charge in [0.05, 0.1) is 11.0 Å². The van der Waals surface area contributed by atoms with Crippen molar-refractivity contribution in [1.29, 1.82) is 0 Å². The van der Waals surface area contributed by atoms with E-state index in [2.05, 4.69) is 47.2 Å². The molecule has 2 atom stereocenters. The Hall–Kier alpha value is -3.94. The lowest BCUT2D eigenvalue weighted by Crippen LogP contribution is -2.46. The van der Waals surface area contributed by atoms with Gasteiger partial charge in [-0.2, -0.15) is 4.98 Å². The number of urea groups is 1. The van der Waals surface area contributed by atoms with Gasteiger partial charge in [0.25, 0.3) is 0 Å². The first-order chi connectivity index (χ1) is 19.0. The van der Waals surface area contributed by atoms with Gasteiger partial charge in [0.2, 0.25) is 17.8 Å². The molecule has 2 bridgehead atoms. The maximum absolute atomic E-state index is 12.7. The molecule has 4 amide bonds. The number of nitrogens with two attached hydrogens (primary N) is 1. The number of likely N-dealkylation sites (tertiary alicyclic amines) is 1. The fraction of sp³-hybridized carbons (Fsp3) is 0.462. The van der Waals surface area contributed by atoms with Gasteiger partial charge in [-0.1, -0.05) is 19.9 Å². The Labute approximate surface area is 241 Å². The van der Waals surface area contributed by atoms with Gasteiger partial charge in [-0.3, -0.25) is 9.59 Å². The minimum absolute atomic E-state index is 0.226. The van der Waals surface area contributed by atoms with Gasteiger partial charge in [-0.15, -0.1) is 0 Å². The topological polar surface area (TPSA) is 181 Å². The number of morpholine rings is 1. The van der Waals surface area contributed by atoms with Crippen LogP contribution < -0.4 is 27.0 Å². The van der Waals surface area contributed by atoms with Crippen LogP contribution in [-0.4, -0.2) is 70.5 Å². The molecule has 1 aromatic heterocycles. The van der Waals surface area contributed by atoms with E-state index in [4.69, 9.17) is 10.5 Å². The van der Waals surface area contributed by atoms with Gasteiger partial charge in [-0.05, 0) is 54.4 Å². The summed E-state index contributed by atoms with van der Waals surface area (Å²) in [4.78, 5) is 58.2. The van der Waals surface area contributed by atoms with Crippen LogP contribution in [-0.2, 0) is 19.1 Å². The summed E-state index contributed by atoms with van der Waals surface area (Å²) in [7, 11) is 0. The van der Waals surface area contributed by atoms with Crippen LogP contribution >= 0.6 is 15.9 Å². The summed E-state index contributed by atoms with van der Waals surface area (Å²) >= 11 is 3.42. The molecule has 2 unspecified atom stereocenters. The summed E-state index contributed by atoms with van der Waals surface area (Å²) in [5, 5.41) is 11.8. The predicted molar refractivity (Wildman–Crippen MR) is 154 cm³/mol. The van der Waals surface area contributed by atoms with Crippen LogP contribution in [0.5, 0.6) is 0 Å². The molecule has 4 rings (SSSR count). The summed E-state index contributed by atoms with van der Waals surface area (Å²) < 4.78 is 5.79. The number of aromatic nitrogens is 2. The summed E-state index contributed by atoms with van der Waals surface area (Å²) in [6.45, 7) is 8.20. The highest BCUT2D eigenvalue weighted by molar-refractivity contribution is 9.10. The molecular formula is C26H35BrN8O5. The highest BCUT2D eigenvalue weighted by Crippen LogP contribution is 2.30. The van der Waals surface area contributed by atoms with Crippen molar-refractivity contribution in [3.63, 3.8) is 0 Å². The van der Waals surface area contributed by atoms with E-state index in [1.54, 1.807) is 30.5 Å². The van der Waals surface area contributed by atoms with Crippen molar-refractivity contribution in [3.8, 4) is 0 Å². The zero-order valence-corrected chi connectivity index (χ0v) is 24.5. The van der Waals surface area contributed by atoms with Crippen LogP contribution in [0.1, 0.15) is 40.5 Å². The molecule has 2 aliphatic rings.